The van der Waals surface area contributed by atoms with Crippen LogP contribution in [0.25, 0.3) is 0 Å². The van der Waals surface area contributed by atoms with Gasteiger partial charge >= 0.3 is 6.03 Å². The number of hydrogen-bond acceptors (Lipinski definition) is 4. The van der Waals surface area contributed by atoms with Crippen molar-refractivity contribution in [3.05, 3.63) is 24.3 Å². The van der Waals surface area contributed by atoms with Crippen LogP contribution in [0.4, 0.5) is 10.5 Å². The van der Waals surface area contributed by atoms with Gasteiger partial charge in [0.1, 0.15) is 12.4 Å². The Morgan fingerprint density at radius 2 is 2.12 bits per heavy atom. The van der Waals surface area contributed by atoms with Crippen molar-refractivity contribution in [2.24, 2.45) is 0 Å². The molecule has 0 radical (unpaired) electrons. The summed E-state index contributed by atoms with van der Waals surface area (Å²) in [6.07, 6.45) is 3.29. The zero-order chi connectivity index (χ0) is 16.8. The SMILES string of the molecule is CN1CCCN(C(=O)Nc2ccccc2OC[C@@H]2CCCO2)CC1. The Morgan fingerprint density at radius 3 is 2.96 bits per heavy atom. The molecule has 0 bridgehead atoms. The highest BCUT2D eigenvalue weighted by Gasteiger charge is 2.20. The number of hydrogen-bond donors (Lipinski definition) is 1. The average Bonchev–Trinajstić information content (AvgIpc) is 3.01. The Morgan fingerprint density at radius 1 is 1.25 bits per heavy atom. The molecule has 2 fully saturated rings. The van der Waals surface area contributed by atoms with Crippen molar-refractivity contribution in [3.63, 3.8) is 0 Å². The Kier molecular flexibility index (Phi) is 5.93. The van der Waals surface area contributed by atoms with E-state index in [1.54, 1.807) is 0 Å². The first-order valence-corrected chi connectivity index (χ1v) is 8.80. The molecule has 0 saturated carbocycles. The lowest BCUT2D eigenvalue weighted by Crippen LogP contribution is -2.37. The normalized spacial score (nSPS) is 22.2. The van der Waals surface area contributed by atoms with E-state index in [0.29, 0.717) is 12.4 Å². The number of carbonyl (C=O) groups excluding carboxylic acids is 1. The van der Waals surface area contributed by atoms with Gasteiger partial charge in [-0.25, -0.2) is 4.79 Å². The van der Waals surface area contributed by atoms with Crippen molar-refractivity contribution in [1.29, 1.82) is 0 Å². The van der Waals surface area contributed by atoms with E-state index in [1.165, 1.54) is 0 Å². The van der Waals surface area contributed by atoms with Gasteiger partial charge in [-0.05, 0) is 45.0 Å². The van der Waals surface area contributed by atoms with E-state index < -0.39 is 0 Å². The smallest absolute Gasteiger partial charge is 0.321 e. The van der Waals surface area contributed by atoms with Crippen molar-refractivity contribution in [2.75, 3.05) is 51.8 Å². The molecule has 2 saturated heterocycles. The summed E-state index contributed by atoms with van der Waals surface area (Å²) in [4.78, 5) is 16.7. The van der Waals surface area contributed by atoms with Crippen molar-refractivity contribution in [2.45, 2.75) is 25.4 Å². The second-order valence-corrected chi connectivity index (χ2v) is 6.52. The second kappa shape index (κ2) is 8.35. The first kappa shape index (κ1) is 17.0. The third kappa shape index (κ3) is 4.61. The number of carbonyl (C=O) groups is 1. The molecular weight excluding hydrogens is 306 g/mol. The quantitative estimate of drug-likeness (QED) is 0.919. The van der Waals surface area contributed by atoms with E-state index in [-0.39, 0.29) is 12.1 Å². The van der Waals surface area contributed by atoms with Gasteiger partial charge in [-0.1, -0.05) is 12.1 Å². The maximum Gasteiger partial charge on any atom is 0.321 e. The first-order chi connectivity index (χ1) is 11.7. The van der Waals surface area contributed by atoms with Crippen LogP contribution in [0.15, 0.2) is 24.3 Å². The van der Waals surface area contributed by atoms with Gasteiger partial charge in [0.15, 0.2) is 0 Å². The Balaban J connectivity index is 1.58. The van der Waals surface area contributed by atoms with Crippen LogP contribution in [0, 0.1) is 0 Å². The molecule has 1 aromatic rings. The molecule has 0 unspecified atom stereocenters. The van der Waals surface area contributed by atoms with Crippen molar-refractivity contribution in [1.82, 2.24) is 9.80 Å². The molecule has 0 spiro atoms. The van der Waals surface area contributed by atoms with Crippen LogP contribution in [0.1, 0.15) is 19.3 Å². The molecule has 1 aromatic carbocycles. The summed E-state index contributed by atoms with van der Waals surface area (Å²) in [5.74, 6) is 0.702. The molecule has 0 aromatic heterocycles. The third-order valence-corrected chi connectivity index (χ3v) is 4.58. The maximum atomic E-state index is 12.6. The van der Waals surface area contributed by atoms with Crippen LogP contribution in [0.3, 0.4) is 0 Å². The second-order valence-electron chi connectivity index (χ2n) is 6.52. The summed E-state index contributed by atoms with van der Waals surface area (Å²) in [7, 11) is 2.09. The van der Waals surface area contributed by atoms with Crippen molar-refractivity contribution >= 4 is 11.7 Å². The number of amides is 2. The van der Waals surface area contributed by atoms with E-state index >= 15 is 0 Å². The largest absolute Gasteiger partial charge is 0.489 e. The van der Waals surface area contributed by atoms with Crippen LogP contribution in [-0.2, 0) is 4.74 Å². The number of anilines is 1. The monoisotopic (exact) mass is 333 g/mol. The summed E-state index contributed by atoms with van der Waals surface area (Å²) in [5, 5.41) is 3.00. The van der Waals surface area contributed by atoms with Gasteiger partial charge in [0.2, 0.25) is 0 Å². The van der Waals surface area contributed by atoms with Crippen LogP contribution < -0.4 is 10.1 Å². The van der Waals surface area contributed by atoms with Gasteiger partial charge < -0.3 is 24.6 Å². The van der Waals surface area contributed by atoms with Crippen LogP contribution >= 0.6 is 0 Å². The van der Waals surface area contributed by atoms with E-state index in [9.17, 15) is 4.79 Å². The molecule has 2 amide bonds. The van der Waals surface area contributed by atoms with Gasteiger partial charge in [-0.2, -0.15) is 0 Å². The molecule has 6 heteroatoms. The molecule has 1 N–H and O–H groups in total. The number of para-hydroxylation sites is 2. The topological polar surface area (TPSA) is 54.0 Å². The summed E-state index contributed by atoms with van der Waals surface area (Å²) >= 11 is 0. The summed E-state index contributed by atoms with van der Waals surface area (Å²) in [6.45, 7) is 4.82. The van der Waals surface area contributed by atoms with E-state index in [1.807, 2.05) is 29.2 Å². The number of nitrogens with one attached hydrogen (secondary N) is 1. The van der Waals surface area contributed by atoms with Crippen LogP contribution in [-0.4, -0.2) is 68.4 Å². The molecule has 2 heterocycles. The van der Waals surface area contributed by atoms with Crippen molar-refractivity contribution < 1.29 is 14.3 Å². The highest BCUT2D eigenvalue weighted by molar-refractivity contribution is 5.91. The number of nitrogens with zero attached hydrogens (tertiary/aromatic N) is 2. The number of rotatable bonds is 4. The number of benzene rings is 1. The fraction of sp³-hybridized carbons (Fsp3) is 0.611. The zero-order valence-electron chi connectivity index (χ0n) is 14.4. The minimum atomic E-state index is -0.0570. The zero-order valence-corrected chi connectivity index (χ0v) is 14.4. The number of ether oxygens (including phenoxy) is 2. The number of urea groups is 1. The summed E-state index contributed by atoms with van der Waals surface area (Å²) in [5.41, 5.74) is 0.720. The fourth-order valence-electron chi connectivity index (χ4n) is 3.10. The molecule has 24 heavy (non-hydrogen) atoms. The third-order valence-electron chi connectivity index (χ3n) is 4.58. The van der Waals surface area contributed by atoms with Crippen LogP contribution in [0.5, 0.6) is 5.75 Å². The first-order valence-electron chi connectivity index (χ1n) is 8.80. The Hall–Kier alpha value is -1.79. The molecule has 132 valence electrons. The predicted molar refractivity (Wildman–Crippen MR) is 93.6 cm³/mol. The highest BCUT2D eigenvalue weighted by atomic mass is 16.5. The van der Waals surface area contributed by atoms with E-state index in [0.717, 1.165) is 57.7 Å². The van der Waals surface area contributed by atoms with Gasteiger partial charge in [0.05, 0.1) is 11.8 Å². The minimum absolute atomic E-state index is 0.0570. The van der Waals surface area contributed by atoms with Gasteiger partial charge in [0.25, 0.3) is 0 Å². The molecular formula is C18H27N3O3. The van der Waals surface area contributed by atoms with Gasteiger partial charge in [-0.15, -0.1) is 0 Å². The fourth-order valence-corrected chi connectivity index (χ4v) is 3.10. The Bertz CT molecular complexity index is 546. The van der Waals surface area contributed by atoms with Crippen LogP contribution in [0.2, 0.25) is 0 Å². The van der Waals surface area contributed by atoms with E-state index in [4.69, 9.17) is 9.47 Å². The summed E-state index contributed by atoms with van der Waals surface area (Å²) < 4.78 is 11.5. The number of likely N-dealkylation sites (N-methyl/N-ethyl adjacent to an activating group) is 1. The standard InChI is InChI=1S/C18H27N3O3/c1-20-9-5-10-21(12-11-20)18(22)19-16-7-2-3-8-17(16)24-14-15-6-4-13-23-15/h2-3,7-8,15H,4-6,9-14H2,1H3,(H,19,22)/t15-/m0/s1. The molecule has 3 rings (SSSR count). The minimum Gasteiger partial charge on any atom is -0.489 e. The van der Waals surface area contributed by atoms with Crippen molar-refractivity contribution in [3.8, 4) is 5.75 Å². The highest BCUT2D eigenvalue weighted by Crippen LogP contribution is 2.25. The predicted octanol–water partition coefficient (Wildman–Crippen LogP) is 2.41. The molecule has 6 nitrogen and oxygen atoms in total. The lowest BCUT2D eigenvalue weighted by molar-refractivity contribution is 0.0682. The van der Waals surface area contributed by atoms with E-state index in [2.05, 4.69) is 17.3 Å². The molecule has 2 aliphatic heterocycles. The molecule has 2 aliphatic rings. The molecule has 0 aliphatic carbocycles. The summed E-state index contributed by atoms with van der Waals surface area (Å²) in [6, 6.07) is 7.54. The Labute approximate surface area is 143 Å². The molecule has 1 atom stereocenters. The average molecular weight is 333 g/mol. The van der Waals surface area contributed by atoms with Gasteiger partial charge in [-0.3, -0.25) is 0 Å². The van der Waals surface area contributed by atoms with Gasteiger partial charge in [0, 0.05) is 26.2 Å². The lowest BCUT2D eigenvalue weighted by atomic mass is 10.2. The maximum absolute atomic E-state index is 12.6. The lowest BCUT2D eigenvalue weighted by Gasteiger charge is -2.22.